The highest BCUT2D eigenvalue weighted by molar-refractivity contribution is 5.73. The van der Waals surface area contributed by atoms with E-state index in [0.717, 1.165) is 25.9 Å². The van der Waals surface area contributed by atoms with E-state index in [0.29, 0.717) is 5.92 Å². The predicted molar refractivity (Wildman–Crippen MR) is 85.4 cm³/mol. The van der Waals surface area contributed by atoms with E-state index in [1.54, 1.807) is 0 Å². The van der Waals surface area contributed by atoms with E-state index in [1.165, 1.54) is 11.1 Å². The Balaban J connectivity index is 2.08. The first kappa shape index (κ1) is 16.0. The summed E-state index contributed by atoms with van der Waals surface area (Å²) in [7, 11) is 0. The zero-order valence-electron chi connectivity index (χ0n) is 13.6. The lowest BCUT2D eigenvalue weighted by molar-refractivity contribution is -0.145. The molecule has 1 fully saturated rings. The molecule has 1 saturated heterocycles. The van der Waals surface area contributed by atoms with Crippen molar-refractivity contribution in [3.8, 4) is 0 Å². The Morgan fingerprint density at radius 1 is 1.29 bits per heavy atom. The standard InChI is InChI=1S/C18H27NO2/c1-13-9-10-19(16(11-13)17(20)21)12-14-5-7-15(8-6-14)18(2,3)4/h5-8,13,16H,9-12H2,1-4H3,(H,20,21). The lowest BCUT2D eigenvalue weighted by Gasteiger charge is -2.36. The lowest BCUT2D eigenvalue weighted by Crippen LogP contribution is -2.46. The first-order valence-corrected chi connectivity index (χ1v) is 7.83. The van der Waals surface area contributed by atoms with Crippen LogP contribution < -0.4 is 0 Å². The fourth-order valence-corrected chi connectivity index (χ4v) is 2.98. The van der Waals surface area contributed by atoms with E-state index in [-0.39, 0.29) is 11.5 Å². The quantitative estimate of drug-likeness (QED) is 0.923. The van der Waals surface area contributed by atoms with Crippen molar-refractivity contribution >= 4 is 5.97 Å². The summed E-state index contributed by atoms with van der Waals surface area (Å²) >= 11 is 0. The van der Waals surface area contributed by atoms with Crippen molar-refractivity contribution in [2.75, 3.05) is 6.54 Å². The number of hydrogen-bond acceptors (Lipinski definition) is 2. The van der Waals surface area contributed by atoms with Gasteiger partial charge in [-0.25, -0.2) is 0 Å². The molecule has 2 atom stereocenters. The number of benzene rings is 1. The van der Waals surface area contributed by atoms with Gasteiger partial charge in [0.05, 0.1) is 0 Å². The van der Waals surface area contributed by atoms with Crippen molar-refractivity contribution < 1.29 is 9.90 Å². The number of nitrogens with zero attached hydrogens (tertiary/aromatic N) is 1. The monoisotopic (exact) mass is 289 g/mol. The summed E-state index contributed by atoms with van der Waals surface area (Å²) in [6.07, 6.45) is 1.85. The third kappa shape index (κ3) is 4.07. The Labute approximate surface area is 128 Å². The molecule has 0 saturated carbocycles. The summed E-state index contributed by atoms with van der Waals surface area (Å²) in [4.78, 5) is 13.6. The van der Waals surface area contributed by atoms with Crippen molar-refractivity contribution in [3.05, 3.63) is 35.4 Å². The molecule has 0 bridgehead atoms. The van der Waals surface area contributed by atoms with Gasteiger partial charge in [0, 0.05) is 6.54 Å². The number of carbonyl (C=O) groups is 1. The first-order valence-electron chi connectivity index (χ1n) is 7.83. The molecule has 1 aromatic carbocycles. The summed E-state index contributed by atoms with van der Waals surface area (Å²) < 4.78 is 0. The maximum absolute atomic E-state index is 11.4. The molecule has 2 rings (SSSR count). The molecule has 0 amide bonds. The normalized spacial score (nSPS) is 24.0. The second-order valence-corrected chi connectivity index (χ2v) is 7.40. The number of hydrogen-bond donors (Lipinski definition) is 1. The zero-order chi connectivity index (χ0) is 15.6. The van der Waals surface area contributed by atoms with Crippen LogP contribution in [0.3, 0.4) is 0 Å². The molecular formula is C18H27NO2. The van der Waals surface area contributed by atoms with Gasteiger partial charge in [0.2, 0.25) is 0 Å². The second-order valence-electron chi connectivity index (χ2n) is 7.40. The van der Waals surface area contributed by atoms with Crippen LogP contribution in [0.4, 0.5) is 0 Å². The van der Waals surface area contributed by atoms with Gasteiger partial charge in [-0.15, -0.1) is 0 Å². The molecule has 1 aromatic rings. The Kier molecular flexibility index (Phi) is 4.72. The molecule has 2 unspecified atom stereocenters. The molecule has 1 heterocycles. The van der Waals surface area contributed by atoms with Gasteiger partial charge in [-0.2, -0.15) is 0 Å². The molecular weight excluding hydrogens is 262 g/mol. The summed E-state index contributed by atoms with van der Waals surface area (Å²) in [5, 5.41) is 9.41. The highest BCUT2D eigenvalue weighted by Crippen LogP contribution is 2.26. The molecule has 3 heteroatoms. The lowest BCUT2D eigenvalue weighted by atomic mass is 9.86. The smallest absolute Gasteiger partial charge is 0.320 e. The van der Waals surface area contributed by atoms with E-state index in [4.69, 9.17) is 0 Å². The Morgan fingerprint density at radius 2 is 1.90 bits per heavy atom. The minimum Gasteiger partial charge on any atom is -0.480 e. The van der Waals surface area contributed by atoms with Crippen LogP contribution in [0.2, 0.25) is 0 Å². The summed E-state index contributed by atoms with van der Waals surface area (Å²) in [5.41, 5.74) is 2.67. The average molecular weight is 289 g/mol. The average Bonchev–Trinajstić information content (AvgIpc) is 2.40. The molecule has 1 aliphatic rings. The van der Waals surface area contributed by atoms with Gasteiger partial charge in [-0.1, -0.05) is 52.0 Å². The van der Waals surface area contributed by atoms with Crippen LogP contribution in [0, 0.1) is 5.92 Å². The van der Waals surface area contributed by atoms with E-state index >= 15 is 0 Å². The van der Waals surface area contributed by atoms with Crippen molar-refractivity contribution in [1.82, 2.24) is 4.90 Å². The van der Waals surface area contributed by atoms with Crippen molar-refractivity contribution in [1.29, 1.82) is 0 Å². The van der Waals surface area contributed by atoms with E-state index in [2.05, 4.69) is 56.9 Å². The van der Waals surface area contributed by atoms with Crippen LogP contribution in [0.5, 0.6) is 0 Å². The second kappa shape index (κ2) is 6.18. The summed E-state index contributed by atoms with van der Waals surface area (Å²) in [6.45, 7) is 10.4. The Bertz CT molecular complexity index is 487. The number of aliphatic carboxylic acids is 1. The third-order valence-corrected chi connectivity index (χ3v) is 4.47. The molecule has 0 aliphatic carbocycles. The number of likely N-dealkylation sites (tertiary alicyclic amines) is 1. The van der Waals surface area contributed by atoms with Crippen molar-refractivity contribution in [2.45, 2.75) is 58.5 Å². The Morgan fingerprint density at radius 3 is 2.43 bits per heavy atom. The van der Waals surface area contributed by atoms with Crippen LogP contribution in [-0.4, -0.2) is 28.6 Å². The van der Waals surface area contributed by atoms with Gasteiger partial charge in [0.25, 0.3) is 0 Å². The van der Waals surface area contributed by atoms with Gasteiger partial charge < -0.3 is 5.11 Å². The van der Waals surface area contributed by atoms with Crippen LogP contribution in [0.15, 0.2) is 24.3 Å². The topological polar surface area (TPSA) is 40.5 Å². The highest BCUT2D eigenvalue weighted by atomic mass is 16.4. The molecule has 0 radical (unpaired) electrons. The van der Waals surface area contributed by atoms with Crippen LogP contribution in [-0.2, 0) is 16.8 Å². The van der Waals surface area contributed by atoms with Crippen molar-refractivity contribution in [3.63, 3.8) is 0 Å². The van der Waals surface area contributed by atoms with E-state index < -0.39 is 5.97 Å². The number of piperidine rings is 1. The van der Waals surface area contributed by atoms with Crippen LogP contribution in [0.1, 0.15) is 51.7 Å². The van der Waals surface area contributed by atoms with E-state index in [1.807, 2.05) is 0 Å². The first-order chi connectivity index (χ1) is 9.77. The van der Waals surface area contributed by atoms with Gasteiger partial charge in [-0.3, -0.25) is 9.69 Å². The largest absolute Gasteiger partial charge is 0.480 e. The highest BCUT2D eigenvalue weighted by Gasteiger charge is 2.31. The summed E-state index contributed by atoms with van der Waals surface area (Å²) in [5.74, 6) is -0.182. The maximum atomic E-state index is 11.4. The number of carboxylic acid groups (broad SMARTS) is 1. The minimum absolute atomic E-state index is 0.155. The van der Waals surface area contributed by atoms with Gasteiger partial charge in [0.1, 0.15) is 6.04 Å². The van der Waals surface area contributed by atoms with Gasteiger partial charge in [0.15, 0.2) is 0 Å². The number of rotatable bonds is 3. The van der Waals surface area contributed by atoms with Gasteiger partial charge in [-0.05, 0) is 41.8 Å². The fourth-order valence-electron chi connectivity index (χ4n) is 2.98. The number of carboxylic acids is 1. The Hall–Kier alpha value is -1.35. The molecule has 116 valence electrons. The zero-order valence-corrected chi connectivity index (χ0v) is 13.6. The third-order valence-electron chi connectivity index (χ3n) is 4.47. The molecule has 1 aliphatic heterocycles. The van der Waals surface area contributed by atoms with Crippen molar-refractivity contribution in [2.24, 2.45) is 5.92 Å². The molecule has 1 N–H and O–H groups in total. The maximum Gasteiger partial charge on any atom is 0.320 e. The van der Waals surface area contributed by atoms with Crippen LogP contribution in [0.25, 0.3) is 0 Å². The SMILES string of the molecule is CC1CCN(Cc2ccc(C(C)(C)C)cc2)C(C(=O)O)C1. The molecule has 0 aromatic heterocycles. The molecule has 21 heavy (non-hydrogen) atoms. The minimum atomic E-state index is -0.687. The summed E-state index contributed by atoms with van der Waals surface area (Å²) in [6, 6.07) is 8.26. The fraction of sp³-hybridized carbons (Fsp3) is 0.611. The molecule has 0 spiro atoms. The van der Waals surface area contributed by atoms with E-state index in [9.17, 15) is 9.90 Å². The van der Waals surface area contributed by atoms with Crippen LogP contribution >= 0.6 is 0 Å². The molecule has 3 nitrogen and oxygen atoms in total. The predicted octanol–water partition coefficient (Wildman–Crippen LogP) is 3.67. The van der Waals surface area contributed by atoms with Gasteiger partial charge >= 0.3 is 5.97 Å².